The van der Waals surface area contributed by atoms with Crippen molar-refractivity contribution in [1.82, 2.24) is 9.97 Å². The Kier molecular flexibility index (Phi) is 2.90. The molecule has 1 saturated carbocycles. The van der Waals surface area contributed by atoms with Gasteiger partial charge in [0.2, 0.25) is 0 Å². The predicted molar refractivity (Wildman–Crippen MR) is 74.7 cm³/mol. The van der Waals surface area contributed by atoms with Gasteiger partial charge < -0.3 is 5.32 Å². The van der Waals surface area contributed by atoms with Crippen LogP contribution in [0.2, 0.25) is 0 Å². The Morgan fingerprint density at radius 2 is 1.83 bits per heavy atom. The fourth-order valence-corrected chi connectivity index (χ4v) is 2.76. The van der Waals surface area contributed by atoms with Gasteiger partial charge in [-0.2, -0.15) is 0 Å². The molecule has 0 bridgehead atoms. The smallest absolute Gasteiger partial charge is 0.148 e. The summed E-state index contributed by atoms with van der Waals surface area (Å²) in [6.07, 6.45) is 3.81. The number of nitrogens with zero attached hydrogens (tertiary/aromatic N) is 2. The standard InChI is InChI=1S/C15H19N3/c1-10-7-8-12(9-10)17-15-11(2)16-13-5-3-4-6-14(13)18-15/h3-6,10,12H,7-9H2,1-2H3,(H,17,18). The molecule has 0 saturated heterocycles. The van der Waals surface area contributed by atoms with Gasteiger partial charge in [-0.05, 0) is 44.2 Å². The van der Waals surface area contributed by atoms with E-state index in [1.54, 1.807) is 0 Å². The lowest BCUT2D eigenvalue weighted by atomic mass is 10.1. The monoisotopic (exact) mass is 241 g/mol. The number of para-hydroxylation sites is 2. The molecule has 0 radical (unpaired) electrons. The molecule has 1 heterocycles. The molecule has 2 aromatic rings. The molecular formula is C15H19N3. The number of hydrogen-bond donors (Lipinski definition) is 1. The molecule has 0 aliphatic heterocycles. The summed E-state index contributed by atoms with van der Waals surface area (Å²) in [5, 5.41) is 3.56. The molecule has 1 aromatic carbocycles. The van der Waals surface area contributed by atoms with Crippen molar-refractivity contribution in [1.29, 1.82) is 0 Å². The van der Waals surface area contributed by atoms with Crippen LogP contribution in [0.4, 0.5) is 5.82 Å². The number of fused-ring (bicyclic) bond motifs is 1. The summed E-state index contributed by atoms with van der Waals surface area (Å²) in [6.45, 7) is 4.35. The maximum atomic E-state index is 4.69. The molecule has 94 valence electrons. The third-order valence-corrected chi connectivity index (χ3v) is 3.78. The van der Waals surface area contributed by atoms with Gasteiger partial charge in [-0.15, -0.1) is 0 Å². The molecule has 18 heavy (non-hydrogen) atoms. The first-order chi connectivity index (χ1) is 8.72. The Morgan fingerprint density at radius 1 is 1.11 bits per heavy atom. The van der Waals surface area contributed by atoms with Crippen LogP contribution in [0.25, 0.3) is 11.0 Å². The molecule has 3 heteroatoms. The van der Waals surface area contributed by atoms with Crippen molar-refractivity contribution in [2.24, 2.45) is 5.92 Å². The summed E-state index contributed by atoms with van der Waals surface area (Å²) in [4.78, 5) is 9.30. The van der Waals surface area contributed by atoms with Crippen molar-refractivity contribution < 1.29 is 0 Å². The quantitative estimate of drug-likeness (QED) is 0.874. The van der Waals surface area contributed by atoms with E-state index in [9.17, 15) is 0 Å². The van der Waals surface area contributed by atoms with Crippen molar-refractivity contribution >= 4 is 16.9 Å². The van der Waals surface area contributed by atoms with Crippen molar-refractivity contribution in [3.8, 4) is 0 Å². The zero-order chi connectivity index (χ0) is 12.5. The van der Waals surface area contributed by atoms with Gasteiger partial charge in [0.15, 0.2) is 0 Å². The maximum absolute atomic E-state index is 4.69. The van der Waals surface area contributed by atoms with Gasteiger partial charge in [-0.3, -0.25) is 0 Å². The zero-order valence-corrected chi connectivity index (χ0v) is 11.0. The van der Waals surface area contributed by atoms with Crippen LogP contribution in [0.1, 0.15) is 31.9 Å². The van der Waals surface area contributed by atoms with E-state index in [-0.39, 0.29) is 0 Å². The topological polar surface area (TPSA) is 37.8 Å². The normalized spacial score (nSPS) is 23.4. The average Bonchev–Trinajstić information content (AvgIpc) is 2.76. The number of benzene rings is 1. The molecule has 0 spiro atoms. The summed E-state index contributed by atoms with van der Waals surface area (Å²) in [5.74, 6) is 1.78. The third kappa shape index (κ3) is 2.17. The van der Waals surface area contributed by atoms with Gasteiger partial charge in [-0.1, -0.05) is 19.1 Å². The van der Waals surface area contributed by atoms with E-state index in [0.29, 0.717) is 6.04 Å². The number of aryl methyl sites for hydroxylation is 1. The van der Waals surface area contributed by atoms with E-state index < -0.39 is 0 Å². The van der Waals surface area contributed by atoms with Crippen molar-refractivity contribution in [2.75, 3.05) is 5.32 Å². The first-order valence-electron chi connectivity index (χ1n) is 6.72. The van der Waals surface area contributed by atoms with E-state index >= 15 is 0 Å². The number of hydrogen-bond acceptors (Lipinski definition) is 3. The fourth-order valence-electron chi connectivity index (χ4n) is 2.76. The van der Waals surface area contributed by atoms with Crippen LogP contribution in [0.3, 0.4) is 0 Å². The molecule has 1 aliphatic rings. The second kappa shape index (κ2) is 4.56. The van der Waals surface area contributed by atoms with Crippen LogP contribution in [0.15, 0.2) is 24.3 Å². The predicted octanol–water partition coefficient (Wildman–Crippen LogP) is 3.54. The van der Waals surface area contributed by atoms with Crippen LogP contribution in [-0.2, 0) is 0 Å². The number of anilines is 1. The highest BCUT2D eigenvalue weighted by molar-refractivity contribution is 5.76. The number of nitrogens with one attached hydrogen (secondary N) is 1. The molecule has 1 aromatic heterocycles. The molecule has 0 amide bonds. The molecular weight excluding hydrogens is 222 g/mol. The Labute approximate surface area is 108 Å². The van der Waals surface area contributed by atoms with Crippen molar-refractivity contribution in [2.45, 2.75) is 39.2 Å². The van der Waals surface area contributed by atoms with E-state index in [0.717, 1.165) is 28.5 Å². The summed E-state index contributed by atoms with van der Waals surface area (Å²) in [7, 11) is 0. The lowest BCUT2D eigenvalue weighted by molar-refractivity contribution is 0.602. The van der Waals surface area contributed by atoms with Gasteiger partial charge in [0.1, 0.15) is 5.82 Å². The summed E-state index contributed by atoms with van der Waals surface area (Å²) < 4.78 is 0. The highest BCUT2D eigenvalue weighted by Gasteiger charge is 2.22. The van der Waals surface area contributed by atoms with Gasteiger partial charge in [-0.25, -0.2) is 9.97 Å². The highest BCUT2D eigenvalue weighted by atomic mass is 15.0. The lowest BCUT2D eigenvalue weighted by Crippen LogP contribution is -2.17. The summed E-state index contributed by atoms with van der Waals surface area (Å²) in [5.41, 5.74) is 2.94. The minimum Gasteiger partial charge on any atom is -0.366 e. The molecule has 3 nitrogen and oxygen atoms in total. The average molecular weight is 241 g/mol. The second-order valence-corrected chi connectivity index (χ2v) is 5.41. The molecule has 1 N–H and O–H groups in total. The molecule has 2 unspecified atom stereocenters. The first kappa shape index (κ1) is 11.5. The Bertz CT molecular complexity index is 565. The highest BCUT2D eigenvalue weighted by Crippen LogP contribution is 2.28. The summed E-state index contributed by atoms with van der Waals surface area (Å²) >= 11 is 0. The fraction of sp³-hybridized carbons (Fsp3) is 0.467. The van der Waals surface area contributed by atoms with Gasteiger partial charge in [0.05, 0.1) is 16.7 Å². The Morgan fingerprint density at radius 3 is 2.50 bits per heavy atom. The Hall–Kier alpha value is -1.64. The molecule has 1 fully saturated rings. The van der Waals surface area contributed by atoms with Crippen LogP contribution < -0.4 is 5.32 Å². The van der Waals surface area contributed by atoms with E-state index in [4.69, 9.17) is 0 Å². The maximum Gasteiger partial charge on any atom is 0.148 e. The van der Waals surface area contributed by atoms with E-state index in [1.807, 2.05) is 31.2 Å². The first-order valence-corrected chi connectivity index (χ1v) is 6.72. The van der Waals surface area contributed by atoms with Crippen molar-refractivity contribution in [3.05, 3.63) is 30.0 Å². The second-order valence-electron chi connectivity index (χ2n) is 5.41. The number of rotatable bonds is 2. The van der Waals surface area contributed by atoms with Crippen LogP contribution >= 0.6 is 0 Å². The van der Waals surface area contributed by atoms with Gasteiger partial charge >= 0.3 is 0 Å². The minimum atomic E-state index is 0.564. The molecule has 1 aliphatic carbocycles. The molecule has 3 rings (SSSR count). The van der Waals surface area contributed by atoms with Crippen molar-refractivity contribution in [3.63, 3.8) is 0 Å². The Balaban J connectivity index is 1.89. The van der Waals surface area contributed by atoms with Gasteiger partial charge in [0, 0.05) is 6.04 Å². The van der Waals surface area contributed by atoms with Crippen LogP contribution in [0, 0.1) is 12.8 Å². The molecule has 2 atom stereocenters. The SMILES string of the molecule is Cc1nc2ccccc2nc1NC1CCC(C)C1. The lowest BCUT2D eigenvalue weighted by Gasteiger charge is -2.15. The summed E-state index contributed by atoms with van der Waals surface area (Å²) in [6, 6.07) is 8.60. The van der Waals surface area contributed by atoms with Gasteiger partial charge in [0.25, 0.3) is 0 Å². The third-order valence-electron chi connectivity index (χ3n) is 3.78. The van der Waals surface area contributed by atoms with Crippen LogP contribution in [0.5, 0.6) is 0 Å². The van der Waals surface area contributed by atoms with E-state index in [1.165, 1.54) is 19.3 Å². The number of aromatic nitrogens is 2. The van der Waals surface area contributed by atoms with Crippen LogP contribution in [-0.4, -0.2) is 16.0 Å². The minimum absolute atomic E-state index is 0.564. The largest absolute Gasteiger partial charge is 0.366 e. The van der Waals surface area contributed by atoms with E-state index in [2.05, 4.69) is 22.2 Å². The zero-order valence-electron chi connectivity index (χ0n) is 11.0.